The fourth-order valence-corrected chi connectivity index (χ4v) is 6.77. The first-order valence-corrected chi connectivity index (χ1v) is 17.7. The third-order valence-corrected chi connectivity index (χ3v) is 9.64. The van der Waals surface area contributed by atoms with E-state index in [-0.39, 0.29) is 48.4 Å². The lowest BCUT2D eigenvalue weighted by Crippen LogP contribution is -2.43. The van der Waals surface area contributed by atoms with Gasteiger partial charge in [0.15, 0.2) is 11.2 Å². The van der Waals surface area contributed by atoms with E-state index in [9.17, 15) is 14.2 Å². The number of nitrogen functional groups attached to an aromatic ring is 1. The molecule has 266 valence electrons. The predicted octanol–water partition coefficient (Wildman–Crippen LogP) is 4.69. The number of esters is 2. The molecule has 3 rings (SSSR count). The molecule has 0 aliphatic carbocycles. The molecule has 47 heavy (non-hydrogen) atoms. The summed E-state index contributed by atoms with van der Waals surface area (Å²) < 4.78 is 44.6. The van der Waals surface area contributed by atoms with Gasteiger partial charge in [0, 0.05) is 5.92 Å². The summed E-state index contributed by atoms with van der Waals surface area (Å²) in [5, 5.41) is 5.51. The normalized spacial score (nSPS) is 21.3. The number of imidazole rings is 1. The van der Waals surface area contributed by atoms with E-state index < -0.39 is 44.0 Å². The molecule has 1 saturated heterocycles. The van der Waals surface area contributed by atoms with E-state index in [1.807, 2.05) is 60.0 Å². The van der Waals surface area contributed by atoms with E-state index in [4.69, 9.17) is 29.2 Å². The first-order valence-electron chi connectivity index (χ1n) is 16.1. The number of aryl methyl sites for hydroxylation is 1. The van der Waals surface area contributed by atoms with Crippen LogP contribution in [0.25, 0.3) is 11.2 Å². The third kappa shape index (κ3) is 11.1. The van der Waals surface area contributed by atoms with E-state index in [0.717, 1.165) is 0 Å². The molecule has 5 unspecified atom stereocenters. The number of methoxy groups -OCH3 is 1. The highest BCUT2D eigenvalue weighted by molar-refractivity contribution is 7.54. The Hall–Kier alpha value is -2.84. The Balaban J connectivity index is 1.74. The van der Waals surface area contributed by atoms with E-state index in [1.54, 1.807) is 0 Å². The zero-order chi connectivity index (χ0) is 35.3. The van der Waals surface area contributed by atoms with E-state index in [0.29, 0.717) is 36.3 Å². The lowest BCUT2D eigenvalue weighted by atomic mass is 9.93. The maximum absolute atomic E-state index is 14.2. The number of rotatable bonds is 15. The van der Waals surface area contributed by atoms with Crippen LogP contribution in [0.3, 0.4) is 0 Å². The number of hydrogen-bond donors (Lipinski definition) is 3. The maximum atomic E-state index is 14.2. The van der Waals surface area contributed by atoms with Crippen LogP contribution in [-0.2, 0) is 32.9 Å². The number of carbonyl (C=O) groups excluding carboxylic acids is 2. The van der Waals surface area contributed by atoms with Crippen molar-refractivity contribution in [2.24, 2.45) is 16.7 Å². The van der Waals surface area contributed by atoms with Crippen molar-refractivity contribution >= 4 is 36.7 Å². The fourth-order valence-electron chi connectivity index (χ4n) is 4.94. The molecular weight excluding hydrogens is 629 g/mol. The van der Waals surface area contributed by atoms with Gasteiger partial charge in [-0.15, -0.1) is 0 Å². The number of ether oxygens (including phenoxy) is 4. The first-order chi connectivity index (χ1) is 21.7. The number of hydrogen-bond acceptors (Lipinski definition) is 12. The number of nitrogens with one attached hydrogen (secondary N) is 2. The van der Waals surface area contributed by atoms with Gasteiger partial charge in [-0.1, -0.05) is 48.5 Å². The Morgan fingerprint density at radius 3 is 2.02 bits per heavy atom. The molecular formula is C31H54N7O8P. The molecule has 16 heteroatoms. The molecule has 0 bridgehead atoms. The van der Waals surface area contributed by atoms with Crippen molar-refractivity contribution in [3.63, 3.8) is 0 Å². The summed E-state index contributed by atoms with van der Waals surface area (Å²) in [6.45, 7) is 19.5. The van der Waals surface area contributed by atoms with Gasteiger partial charge >= 0.3 is 19.6 Å². The Bertz CT molecular complexity index is 1390. The molecule has 3 heterocycles. The highest BCUT2D eigenvalue weighted by Gasteiger charge is 2.39. The van der Waals surface area contributed by atoms with Crippen LogP contribution in [0.1, 0.15) is 93.6 Å². The van der Waals surface area contributed by atoms with Gasteiger partial charge in [0.25, 0.3) is 0 Å². The van der Waals surface area contributed by atoms with Crippen LogP contribution in [0.15, 0.2) is 0 Å². The molecule has 0 amide bonds. The minimum atomic E-state index is -4.04. The zero-order valence-electron chi connectivity index (χ0n) is 29.7. The van der Waals surface area contributed by atoms with Gasteiger partial charge in [-0.05, 0) is 50.9 Å². The van der Waals surface area contributed by atoms with Crippen molar-refractivity contribution < 1.29 is 37.6 Å². The van der Waals surface area contributed by atoms with Gasteiger partial charge in [0.2, 0.25) is 11.8 Å². The lowest BCUT2D eigenvalue weighted by molar-refractivity contribution is -0.146. The molecule has 4 N–H and O–H groups in total. The van der Waals surface area contributed by atoms with Crippen LogP contribution in [0, 0.1) is 23.7 Å². The molecule has 0 saturated carbocycles. The second kappa shape index (κ2) is 15.6. The average Bonchev–Trinajstić information content (AvgIpc) is 3.47. The number of nitrogens with two attached hydrogens (primary N) is 1. The largest absolute Gasteiger partial charge is 0.479 e. The lowest BCUT2D eigenvalue weighted by Gasteiger charge is -2.27. The Morgan fingerprint density at radius 2 is 1.53 bits per heavy atom. The maximum Gasteiger partial charge on any atom is 0.342 e. The van der Waals surface area contributed by atoms with Crippen LogP contribution in [0.5, 0.6) is 5.88 Å². The molecule has 0 spiro atoms. The Morgan fingerprint density at radius 1 is 1.00 bits per heavy atom. The number of anilines is 1. The second-order valence-electron chi connectivity index (χ2n) is 14.7. The number of aromatic nitrogens is 4. The smallest absolute Gasteiger partial charge is 0.342 e. The molecule has 1 fully saturated rings. The summed E-state index contributed by atoms with van der Waals surface area (Å²) in [4.78, 5) is 38.7. The number of fused-ring (bicyclic) bond motifs is 1. The van der Waals surface area contributed by atoms with E-state index in [1.165, 1.54) is 21.0 Å². The minimum absolute atomic E-state index is 0.0179. The molecule has 0 aromatic carbocycles. The van der Waals surface area contributed by atoms with Gasteiger partial charge in [-0.2, -0.15) is 9.97 Å². The number of nitrogens with zero attached hydrogens (tertiary/aromatic N) is 4. The highest BCUT2D eigenvalue weighted by Crippen LogP contribution is 2.43. The van der Waals surface area contributed by atoms with Crippen molar-refractivity contribution in [3.05, 3.63) is 5.82 Å². The molecule has 2 aromatic heterocycles. The van der Waals surface area contributed by atoms with Crippen molar-refractivity contribution in [1.29, 1.82) is 0 Å². The average molecular weight is 684 g/mol. The van der Waals surface area contributed by atoms with Crippen LogP contribution in [0.4, 0.5) is 5.95 Å². The molecule has 5 atom stereocenters. The highest BCUT2D eigenvalue weighted by atomic mass is 31.2. The molecule has 1 aliphatic rings. The molecule has 15 nitrogen and oxygen atoms in total. The molecule has 1 aliphatic heterocycles. The van der Waals surface area contributed by atoms with Crippen LogP contribution >= 0.6 is 7.67 Å². The zero-order valence-corrected chi connectivity index (χ0v) is 30.6. The summed E-state index contributed by atoms with van der Waals surface area (Å²) in [5.74, 6) is -0.277. The first kappa shape index (κ1) is 38.6. The van der Waals surface area contributed by atoms with Crippen molar-refractivity contribution in [2.45, 2.75) is 113 Å². The number of carbonyl (C=O) groups is 2. The van der Waals surface area contributed by atoms with Crippen LogP contribution < -0.4 is 20.6 Å². The summed E-state index contributed by atoms with van der Waals surface area (Å²) in [5.41, 5.74) is 6.81. The summed E-state index contributed by atoms with van der Waals surface area (Å²) in [7, 11) is -2.56. The standard InChI is InChI=1S/C31H54N7O8P/c1-18-16-22(46-26(18)38-21(4)33-23-24(38)34-29(32)35-25(23)42-11)17-45-47(41,36-19(2)27(39)43-14-12-30(5,6)7)37-20(3)28(40)44-15-13-31(8,9)10/h18-20,22,26H,12-17H2,1-11H3,(H2,32,34,35)(H2,36,37,41). The SMILES string of the molecule is COc1nc(N)nc2c1nc(C)n2C1OC(COP(=O)(NC(C)C(=O)OCCC(C)(C)C)NC(C)C(=O)OCCC(C)(C)C)CC1C. The quantitative estimate of drug-likeness (QED) is 0.173. The topological polar surface area (TPSA) is 191 Å². The van der Waals surface area contributed by atoms with Gasteiger partial charge in [0.1, 0.15) is 24.1 Å². The van der Waals surface area contributed by atoms with Gasteiger partial charge < -0.3 is 29.2 Å². The summed E-state index contributed by atoms with van der Waals surface area (Å²) >= 11 is 0. The van der Waals surface area contributed by atoms with Gasteiger partial charge in [-0.3, -0.25) is 18.7 Å². The van der Waals surface area contributed by atoms with E-state index in [2.05, 4.69) is 25.1 Å². The van der Waals surface area contributed by atoms with Gasteiger partial charge in [-0.25, -0.2) is 15.2 Å². The second-order valence-corrected chi connectivity index (χ2v) is 16.5. The van der Waals surface area contributed by atoms with E-state index >= 15 is 0 Å². The van der Waals surface area contributed by atoms with Crippen molar-refractivity contribution in [1.82, 2.24) is 29.7 Å². The Kier molecular flexibility index (Phi) is 12.8. The fraction of sp³-hybridized carbons (Fsp3) is 0.774. The van der Waals surface area contributed by atoms with Gasteiger partial charge in [0.05, 0.1) is 33.0 Å². The Labute approximate surface area is 277 Å². The summed E-state index contributed by atoms with van der Waals surface area (Å²) in [6.07, 6.45) is 0.889. The molecule has 2 aromatic rings. The van der Waals surface area contributed by atoms with Crippen molar-refractivity contribution in [2.75, 3.05) is 32.7 Å². The minimum Gasteiger partial charge on any atom is -0.479 e. The van der Waals surface area contributed by atoms with Crippen LogP contribution in [-0.4, -0.2) is 76.6 Å². The monoisotopic (exact) mass is 683 g/mol. The summed E-state index contributed by atoms with van der Waals surface area (Å²) in [6, 6.07) is -2.01. The third-order valence-electron chi connectivity index (χ3n) is 7.67. The molecule has 0 radical (unpaired) electrons. The van der Waals surface area contributed by atoms with Crippen LogP contribution in [0.2, 0.25) is 0 Å². The van der Waals surface area contributed by atoms with Crippen molar-refractivity contribution in [3.8, 4) is 5.88 Å². The predicted molar refractivity (Wildman–Crippen MR) is 178 cm³/mol.